The lowest BCUT2D eigenvalue weighted by Crippen LogP contribution is -1.93. The van der Waals surface area contributed by atoms with Crippen LogP contribution in [-0.4, -0.2) is 11.0 Å². The zero-order chi connectivity index (χ0) is 5.82. The molecule has 0 saturated carbocycles. The highest BCUT2D eigenvalue weighted by atomic mass is 33.1. The van der Waals surface area contributed by atoms with Gasteiger partial charge in [0.25, 0.3) is 0 Å². The quantitative estimate of drug-likeness (QED) is 0.409. The highest BCUT2D eigenvalue weighted by molar-refractivity contribution is 8.77. The van der Waals surface area contributed by atoms with Crippen LogP contribution in [0, 0.1) is 0 Å². The van der Waals surface area contributed by atoms with Crippen LogP contribution in [0.15, 0.2) is 24.8 Å². The minimum atomic E-state index is 0.550. The van der Waals surface area contributed by atoms with Crippen molar-refractivity contribution in [3.63, 3.8) is 0 Å². The summed E-state index contributed by atoms with van der Waals surface area (Å²) < 4.78 is 0. The summed E-state index contributed by atoms with van der Waals surface area (Å²) in [7, 11) is 3.76. The maximum absolute atomic E-state index is 3.70. The fourth-order valence-electron chi connectivity index (χ4n) is 0.497. The molecule has 1 rings (SSSR count). The highest BCUT2D eigenvalue weighted by Crippen LogP contribution is 2.31. The molecular weight excluding hydrogens is 136 g/mol. The van der Waals surface area contributed by atoms with E-state index in [0.717, 1.165) is 5.75 Å². The SMILES string of the molecule is C=CC1C=CCSS1. The molecule has 0 bridgehead atoms. The average Bonchev–Trinajstić information content (AvgIpc) is 1.90. The van der Waals surface area contributed by atoms with Gasteiger partial charge in [-0.1, -0.05) is 39.8 Å². The first-order valence-corrected chi connectivity index (χ1v) is 4.89. The summed E-state index contributed by atoms with van der Waals surface area (Å²) in [4.78, 5) is 0. The Bertz CT molecular complexity index is 107. The van der Waals surface area contributed by atoms with Gasteiger partial charge in [0, 0.05) is 5.75 Å². The summed E-state index contributed by atoms with van der Waals surface area (Å²) in [6.45, 7) is 3.70. The molecule has 0 aromatic rings. The summed E-state index contributed by atoms with van der Waals surface area (Å²) in [5, 5.41) is 0.550. The normalized spacial score (nSPS) is 27.8. The highest BCUT2D eigenvalue weighted by Gasteiger charge is 2.02. The van der Waals surface area contributed by atoms with E-state index in [1.807, 2.05) is 27.7 Å². The third kappa shape index (κ3) is 1.60. The van der Waals surface area contributed by atoms with Gasteiger partial charge in [-0.05, 0) is 0 Å². The molecule has 1 aliphatic rings. The zero-order valence-electron chi connectivity index (χ0n) is 4.54. The van der Waals surface area contributed by atoms with Crippen LogP contribution in [0.2, 0.25) is 0 Å². The van der Waals surface area contributed by atoms with Crippen LogP contribution in [0.3, 0.4) is 0 Å². The van der Waals surface area contributed by atoms with Crippen molar-refractivity contribution in [1.29, 1.82) is 0 Å². The van der Waals surface area contributed by atoms with Crippen molar-refractivity contribution < 1.29 is 0 Å². The Balaban J connectivity index is 2.42. The molecule has 0 saturated heterocycles. The van der Waals surface area contributed by atoms with E-state index in [9.17, 15) is 0 Å². The Morgan fingerprint density at radius 2 is 2.62 bits per heavy atom. The summed E-state index contributed by atoms with van der Waals surface area (Å²) in [6.07, 6.45) is 6.34. The minimum absolute atomic E-state index is 0.550. The molecule has 8 heavy (non-hydrogen) atoms. The molecule has 2 heteroatoms. The predicted molar refractivity (Wildman–Crippen MR) is 43.2 cm³/mol. The third-order valence-corrected chi connectivity index (χ3v) is 3.42. The third-order valence-electron chi connectivity index (χ3n) is 0.901. The van der Waals surface area contributed by atoms with Crippen molar-refractivity contribution in [1.82, 2.24) is 0 Å². The number of rotatable bonds is 1. The van der Waals surface area contributed by atoms with Crippen LogP contribution in [0.4, 0.5) is 0 Å². The van der Waals surface area contributed by atoms with Crippen LogP contribution in [-0.2, 0) is 0 Å². The summed E-state index contributed by atoms with van der Waals surface area (Å²) in [5.74, 6) is 1.15. The topological polar surface area (TPSA) is 0 Å². The fourth-order valence-corrected chi connectivity index (χ4v) is 2.55. The predicted octanol–water partition coefficient (Wildman–Crippen LogP) is 2.49. The van der Waals surface area contributed by atoms with Crippen molar-refractivity contribution in [2.45, 2.75) is 5.25 Å². The first-order valence-electron chi connectivity index (χ1n) is 2.51. The van der Waals surface area contributed by atoms with Gasteiger partial charge in [-0.2, -0.15) is 0 Å². The first kappa shape index (κ1) is 6.30. The van der Waals surface area contributed by atoms with Crippen LogP contribution in [0.25, 0.3) is 0 Å². The van der Waals surface area contributed by atoms with E-state index in [1.165, 1.54) is 0 Å². The molecule has 0 aliphatic carbocycles. The Hall–Kier alpha value is 0.180. The molecule has 1 unspecified atom stereocenters. The molecule has 0 aromatic heterocycles. The maximum atomic E-state index is 3.70. The minimum Gasteiger partial charge on any atom is -0.102 e. The van der Waals surface area contributed by atoms with E-state index in [2.05, 4.69) is 18.7 Å². The first-order chi connectivity index (χ1) is 3.93. The van der Waals surface area contributed by atoms with Gasteiger partial charge in [0.15, 0.2) is 0 Å². The molecule has 1 heterocycles. The largest absolute Gasteiger partial charge is 0.102 e. The molecule has 0 spiro atoms. The van der Waals surface area contributed by atoms with Gasteiger partial charge in [0.05, 0.1) is 5.25 Å². The van der Waals surface area contributed by atoms with E-state index in [0.29, 0.717) is 5.25 Å². The molecule has 1 atom stereocenters. The van der Waals surface area contributed by atoms with Crippen molar-refractivity contribution in [2.24, 2.45) is 0 Å². The van der Waals surface area contributed by atoms with E-state index in [-0.39, 0.29) is 0 Å². The Morgan fingerprint density at radius 3 is 3.00 bits per heavy atom. The molecular formula is C6H8S2. The van der Waals surface area contributed by atoms with Gasteiger partial charge >= 0.3 is 0 Å². The number of hydrogen-bond donors (Lipinski definition) is 0. The van der Waals surface area contributed by atoms with E-state index in [1.54, 1.807) is 0 Å². The van der Waals surface area contributed by atoms with Crippen LogP contribution in [0.5, 0.6) is 0 Å². The van der Waals surface area contributed by atoms with Gasteiger partial charge in [-0.25, -0.2) is 0 Å². The van der Waals surface area contributed by atoms with Gasteiger partial charge in [-0.3, -0.25) is 0 Å². The second-order valence-electron chi connectivity index (χ2n) is 1.51. The second kappa shape index (κ2) is 3.25. The summed E-state index contributed by atoms with van der Waals surface area (Å²) >= 11 is 0. The van der Waals surface area contributed by atoms with Crippen LogP contribution in [0.1, 0.15) is 0 Å². The summed E-state index contributed by atoms with van der Waals surface area (Å²) in [5.41, 5.74) is 0. The molecule has 0 fully saturated rings. The molecule has 0 nitrogen and oxygen atoms in total. The monoisotopic (exact) mass is 144 g/mol. The summed E-state index contributed by atoms with van der Waals surface area (Å²) in [6, 6.07) is 0. The van der Waals surface area contributed by atoms with E-state index in [4.69, 9.17) is 0 Å². The van der Waals surface area contributed by atoms with Crippen molar-refractivity contribution >= 4 is 21.6 Å². The Morgan fingerprint density at radius 1 is 1.75 bits per heavy atom. The lowest BCUT2D eigenvalue weighted by atomic mass is 10.4. The van der Waals surface area contributed by atoms with E-state index < -0.39 is 0 Å². The Labute approximate surface area is 57.8 Å². The van der Waals surface area contributed by atoms with Crippen molar-refractivity contribution in [3.05, 3.63) is 24.8 Å². The molecule has 44 valence electrons. The standard InChI is InChI=1S/C6H8S2/c1-2-6-4-3-5-7-8-6/h2-4,6H,1,5H2. The fraction of sp³-hybridized carbons (Fsp3) is 0.333. The molecule has 0 aromatic carbocycles. The smallest absolute Gasteiger partial charge is 0.0509 e. The second-order valence-corrected chi connectivity index (χ2v) is 4.10. The van der Waals surface area contributed by atoms with Crippen LogP contribution >= 0.6 is 21.6 Å². The van der Waals surface area contributed by atoms with Gasteiger partial charge < -0.3 is 0 Å². The molecule has 0 radical (unpaired) electrons. The van der Waals surface area contributed by atoms with Gasteiger partial charge in [-0.15, -0.1) is 6.58 Å². The van der Waals surface area contributed by atoms with Crippen LogP contribution < -0.4 is 0 Å². The molecule has 1 aliphatic heterocycles. The van der Waals surface area contributed by atoms with Crippen molar-refractivity contribution in [3.8, 4) is 0 Å². The maximum Gasteiger partial charge on any atom is 0.0509 e. The lowest BCUT2D eigenvalue weighted by Gasteiger charge is -2.08. The average molecular weight is 144 g/mol. The van der Waals surface area contributed by atoms with Gasteiger partial charge in [0.1, 0.15) is 0 Å². The van der Waals surface area contributed by atoms with Gasteiger partial charge in [0.2, 0.25) is 0 Å². The molecule has 0 N–H and O–H groups in total. The Kier molecular flexibility index (Phi) is 2.56. The van der Waals surface area contributed by atoms with Crippen molar-refractivity contribution in [2.75, 3.05) is 5.75 Å². The number of hydrogen-bond acceptors (Lipinski definition) is 2. The van der Waals surface area contributed by atoms with E-state index >= 15 is 0 Å². The lowest BCUT2D eigenvalue weighted by molar-refractivity contribution is 1.42. The molecule has 0 amide bonds. The zero-order valence-corrected chi connectivity index (χ0v) is 6.17.